The van der Waals surface area contributed by atoms with Gasteiger partial charge in [-0.1, -0.05) is 15.9 Å². The molecular formula is C4H12BBrClNO2. The molecule has 0 radical (unpaired) electrons. The van der Waals surface area contributed by atoms with Gasteiger partial charge >= 0.3 is 7.12 Å². The van der Waals surface area contributed by atoms with Gasteiger partial charge in [0.1, 0.15) is 0 Å². The average molecular weight is 232 g/mol. The number of rotatable bonds is 4. The van der Waals surface area contributed by atoms with Gasteiger partial charge in [-0.05, 0) is 12.8 Å². The topological polar surface area (TPSA) is 66.5 Å². The highest BCUT2D eigenvalue weighted by Gasteiger charge is 2.16. The Labute approximate surface area is 75.7 Å². The summed E-state index contributed by atoms with van der Waals surface area (Å²) in [6.07, 6.45) is 1.52. The summed E-state index contributed by atoms with van der Waals surface area (Å²) in [4.78, 5) is 0. The lowest BCUT2D eigenvalue weighted by molar-refractivity contribution is 0.382. The highest BCUT2D eigenvalue weighted by Crippen LogP contribution is 1.97. The van der Waals surface area contributed by atoms with Crippen molar-refractivity contribution in [3.8, 4) is 0 Å². The second kappa shape index (κ2) is 7.82. The van der Waals surface area contributed by atoms with Gasteiger partial charge in [0.2, 0.25) is 0 Å². The van der Waals surface area contributed by atoms with Crippen molar-refractivity contribution in [2.45, 2.75) is 18.8 Å². The molecule has 0 aliphatic heterocycles. The minimum Gasteiger partial charge on any atom is -0.426 e. The van der Waals surface area contributed by atoms with Crippen molar-refractivity contribution in [1.82, 2.24) is 0 Å². The van der Waals surface area contributed by atoms with Gasteiger partial charge in [0.25, 0.3) is 0 Å². The Morgan fingerprint density at radius 2 is 2.00 bits per heavy atom. The number of hydrogen-bond acceptors (Lipinski definition) is 3. The van der Waals surface area contributed by atoms with Crippen molar-refractivity contribution in [2.75, 3.05) is 5.33 Å². The first-order valence-electron chi connectivity index (χ1n) is 2.86. The molecule has 0 amide bonds. The summed E-state index contributed by atoms with van der Waals surface area (Å²) in [5, 5.41) is 17.8. The zero-order valence-electron chi connectivity index (χ0n) is 5.53. The Balaban J connectivity index is 0. The van der Waals surface area contributed by atoms with Crippen LogP contribution in [0, 0.1) is 0 Å². The first kappa shape index (κ1) is 13.3. The minimum atomic E-state index is -1.37. The zero-order valence-corrected chi connectivity index (χ0v) is 7.94. The van der Waals surface area contributed by atoms with E-state index in [0.29, 0.717) is 6.42 Å². The van der Waals surface area contributed by atoms with Gasteiger partial charge in [0, 0.05) is 11.3 Å². The number of halogens is 2. The molecule has 0 bridgehead atoms. The molecule has 0 fully saturated rings. The SMILES string of the molecule is Cl.N[C@@H](CCCBr)B(O)O. The fraction of sp³-hybridized carbons (Fsp3) is 1.00. The minimum absolute atomic E-state index is 0. The molecule has 4 N–H and O–H groups in total. The van der Waals surface area contributed by atoms with E-state index in [4.69, 9.17) is 15.8 Å². The van der Waals surface area contributed by atoms with Crippen LogP contribution in [0.5, 0.6) is 0 Å². The standard InChI is InChI=1S/C4H11BBrNO2.ClH/c6-3-1-2-4(7)5(8)9;/h4,8-9H,1-3,7H2;1H/t4-;/m0./s1. The van der Waals surface area contributed by atoms with Gasteiger partial charge in [0.05, 0.1) is 0 Å². The van der Waals surface area contributed by atoms with Crippen molar-refractivity contribution in [3.05, 3.63) is 0 Å². The smallest absolute Gasteiger partial charge is 0.426 e. The van der Waals surface area contributed by atoms with Crippen molar-refractivity contribution in [2.24, 2.45) is 5.73 Å². The van der Waals surface area contributed by atoms with E-state index in [1.165, 1.54) is 0 Å². The normalized spacial score (nSPS) is 12.0. The number of hydrogen-bond donors (Lipinski definition) is 3. The Kier molecular flexibility index (Phi) is 10.4. The summed E-state index contributed by atoms with van der Waals surface area (Å²) in [5.74, 6) is -0.498. The van der Waals surface area contributed by atoms with Gasteiger partial charge in [-0.2, -0.15) is 0 Å². The van der Waals surface area contributed by atoms with E-state index in [9.17, 15) is 0 Å². The van der Waals surface area contributed by atoms with Crippen LogP contribution < -0.4 is 5.73 Å². The summed E-state index contributed by atoms with van der Waals surface area (Å²) in [7, 11) is -1.37. The van der Waals surface area contributed by atoms with Gasteiger partial charge in [-0.25, -0.2) is 0 Å². The van der Waals surface area contributed by atoms with Crippen molar-refractivity contribution in [3.63, 3.8) is 0 Å². The van der Waals surface area contributed by atoms with E-state index in [-0.39, 0.29) is 12.4 Å². The largest absolute Gasteiger partial charge is 0.469 e. The molecule has 0 aromatic rings. The first-order chi connectivity index (χ1) is 4.18. The van der Waals surface area contributed by atoms with Crippen LogP contribution in [0.3, 0.4) is 0 Å². The number of nitrogens with two attached hydrogens (primary N) is 1. The molecule has 1 atom stereocenters. The molecule has 10 heavy (non-hydrogen) atoms. The highest BCUT2D eigenvalue weighted by atomic mass is 79.9. The molecule has 0 unspecified atom stereocenters. The van der Waals surface area contributed by atoms with Gasteiger partial charge < -0.3 is 15.8 Å². The van der Waals surface area contributed by atoms with Crippen LogP contribution in [-0.2, 0) is 0 Å². The fourth-order valence-corrected chi connectivity index (χ4v) is 0.786. The van der Waals surface area contributed by atoms with E-state index in [1.807, 2.05) is 0 Å². The van der Waals surface area contributed by atoms with Crippen LogP contribution in [0.15, 0.2) is 0 Å². The monoisotopic (exact) mass is 231 g/mol. The molecule has 6 heteroatoms. The summed E-state index contributed by atoms with van der Waals surface area (Å²) >= 11 is 3.21. The second-order valence-electron chi connectivity index (χ2n) is 1.91. The lowest BCUT2D eigenvalue weighted by atomic mass is 9.78. The first-order valence-corrected chi connectivity index (χ1v) is 3.98. The second-order valence-corrected chi connectivity index (χ2v) is 2.70. The Bertz CT molecular complexity index is 78.3. The van der Waals surface area contributed by atoms with Gasteiger partial charge in [-0.3, -0.25) is 0 Å². The predicted octanol–water partition coefficient (Wildman–Crippen LogP) is -0.0774. The highest BCUT2D eigenvalue weighted by molar-refractivity contribution is 9.09. The summed E-state index contributed by atoms with van der Waals surface area (Å²) in [5.41, 5.74) is 5.28. The Morgan fingerprint density at radius 1 is 1.50 bits per heavy atom. The van der Waals surface area contributed by atoms with Crippen LogP contribution in [-0.4, -0.2) is 28.4 Å². The third kappa shape index (κ3) is 6.83. The molecule has 3 nitrogen and oxygen atoms in total. The van der Waals surface area contributed by atoms with Crippen molar-refractivity contribution in [1.29, 1.82) is 0 Å². The molecule has 0 heterocycles. The molecule has 0 aromatic carbocycles. The molecular weight excluding hydrogens is 220 g/mol. The summed E-state index contributed by atoms with van der Waals surface area (Å²) < 4.78 is 0. The molecule has 0 aliphatic carbocycles. The molecule has 0 rings (SSSR count). The maximum absolute atomic E-state index is 8.46. The molecule has 0 aromatic heterocycles. The quantitative estimate of drug-likeness (QED) is 0.469. The van der Waals surface area contributed by atoms with Crippen molar-refractivity contribution < 1.29 is 10.0 Å². The predicted molar refractivity (Wildman–Crippen MR) is 48.4 cm³/mol. The van der Waals surface area contributed by atoms with E-state index in [1.54, 1.807) is 0 Å². The fourth-order valence-electron chi connectivity index (χ4n) is 0.462. The van der Waals surface area contributed by atoms with Crippen LogP contribution in [0.2, 0.25) is 0 Å². The molecule has 62 valence electrons. The van der Waals surface area contributed by atoms with E-state index >= 15 is 0 Å². The summed E-state index contributed by atoms with van der Waals surface area (Å²) in [6.45, 7) is 0. The van der Waals surface area contributed by atoms with E-state index in [2.05, 4.69) is 15.9 Å². The van der Waals surface area contributed by atoms with Crippen LogP contribution in [0.4, 0.5) is 0 Å². The molecule has 0 aliphatic rings. The number of alkyl halides is 1. The van der Waals surface area contributed by atoms with Crippen LogP contribution in [0.25, 0.3) is 0 Å². The zero-order chi connectivity index (χ0) is 7.28. The van der Waals surface area contributed by atoms with Crippen LogP contribution in [0.1, 0.15) is 12.8 Å². The lowest BCUT2D eigenvalue weighted by Crippen LogP contribution is -2.38. The third-order valence-electron chi connectivity index (χ3n) is 1.05. The third-order valence-corrected chi connectivity index (χ3v) is 1.61. The Morgan fingerprint density at radius 3 is 2.30 bits per heavy atom. The maximum Gasteiger partial charge on any atom is 0.469 e. The summed E-state index contributed by atoms with van der Waals surface area (Å²) in [6, 6.07) is 0. The molecule has 0 spiro atoms. The maximum atomic E-state index is 8.46. The average Bonchev–Trinajstić information content (AvgIpc) is 1.82. The lowest BCUT2D eigenvalue weighted by Gasteiger charge is -2.06. The van der Waals surface area contributed by atoms with Crippen LogP contribution >= 0.6 is 28.3 Å². The van der Waals surface area contributed by atoms with E-state index < -0.39 is 13.1 Å². The van der Waals surface area contributed by atoms with Crippen molar-refractivity contribution >= 4 is 35.5 Å². The van der Waals surface area contributed by atoms with Gasteiger partial charge in [-0.15, -0.1) is 12.4 Å². The van der Waals surface area contributed by atoms with Gasteiger partial charge in [0.15, 0.2) is 0 Å². The van der Waals surface area contributed by atoms with E-state index in [0.717, 1.165) is 11.8 Å². The molecule has 0 saturated heterocycles. The molecule has 0 saturated carbocycles. The Hall–Kier alpha value is 0.715.